The molecule has 3 unspecified atom stereocenters. The molecule has 0 saturated carbocycles. The van der Waals surface area contributed by atoms with Gasteiger partial charge in [0, 0.05) is 29.6 Å². The van der Waals surface area contributed by atoms with Crippen LogP contribution in [-0.4, -0.2) is 26.2 Å². The van der Waals surface area contributed by atoms with Crippen LogP contribution in [0.5, 0.6) is 0 Å². The number of hydrogen-bond donors (Lipinski definition) is 2. The first-order valence-corrected chi connectivity index (χ1v) is 10.1. The van der Waals surface area contributed by atoms with E-state index in [9.17, 15) is 4.79 Å². The molecule has 0 fully saturated rings. The van der Waals surface area contributed by atoms with Crippen LogP contribution in [0.25, 0.3) is 0 Å². The van der Waals surface area contributed by atoms with E-state index in [-0.39, 0.29) is 17.9 Å². The number of anilines is 1. The van der Waals surface area contributed by atoms with Crippen LogP contribution in [0.3, 0.4) is 0 Å². The lowest BCUT2D eigenvalue weighted by Crippen LogP contribution is -2.33. The monoisotopic (exact) mass is 416 g/mol. The maximum absolute atomic E-state index is 12.8. The normalized spacial score (nSPS) is 22.3. The van der Waals surface area contributed by atoms with Crippen LogP contribution in [0.2, 0.25) is 10.0 Å². The lowest BCUT2D eigenvalue weighted by molar-refractivity contribution is 0.0937. The number of amides is 1. The number of halogens is 2. The van der Waals surface area contributed by atoms with Crippen molar-refractivity contribution in [3.8, 4) is 0 Å². The van der Waals surface area contributed by atoms with Gasteiger partial charge in [-0.25, -0.2) is 0 Å². The molecule has 0 radical (unpaired) electrons. The molecule has 4 rings (SSSR count). The number of rotatable bonds is 5. The standard InChI is InChI=1S/C22H22Cl2N2O2/c1-28-11-10-25-22(27)18-7-3-6-16-14-4-2-5-15(14)20(26-21(16)18)17-9-8-13(23)12-19(17)24/h2-4,6-9,12,14-15,20,26H,5,10-11H2,1H3,(H,25,27). The van der Waals surface area contributed by atoms with Gasteiger partial charge in [-0.1, -0.05) is 53.6 Å². The first kappa shape index (κ1) is 19.3. The van der Waals surface area contributed by atoms with Gasteiger partial charge in [-0.15, -0.1) is 0 Å². The van der Waals surface area contributed by atoms with Crippen molar-refractivity contribution in [2.45, 2.75) is 18.4 Å². The topological polar surface area (TPSA) is 50.4 Å². The quantitative estimate of drug-likeness (QED) is 0.520. The molecule has 28 heavy (non-hydrogen) atoms. The predicted octanol–water partition coefficient (Wildman–Crippen LogP) is 5.20. The Balaban J connectivity index is 1.73. The summed E-state index contributed by atoms with van der Waals surface area (Å²) < 4.78 is 5.03. The van der Waals surface area contributed by atoms with Crippen LogP contribution in [0.4, 0.5) is 5.69 Å². The average Bonchev–Trinajstić information content (AvgIpc) is 3.17. The summed E-state index contributed by atoms with van der Waals surface area (Å²) in [5.74, 6) is 0.487. The van der Waals surface area contributed by atoms with Gasteiger partial charge in [-0.05, 0) is 41.7 Å². The van der Waals surface area contributed by atoms with Crippen LogP contribution in [-0.2, 0) is 4.74 Å². The molecule has 1 aliphatic heterocycles. The minimum absolute atomic E-state index is 0.00481. The lowest BCUT2D eigenvalue weighted by atomic mass is 9.76. The van der Waals surface area contributed by atoms with E-state index in [1.165, 1.54) is 0 Å². The third-order valence-electron chi connectivity index (χ3n) is 5.53. The summed E-state index contributed by atoms with van der Waals surface area (Å²) in [4.78, 5) is 12.8. The summed E-state index contributed by atoms with van der Waals surface area (Å²) in [5, 5.41) is 7.80. The van der Waals surface area contributed by atoms with E-state index in [1.807, 2.05) is 24.3 Å². The average molecular weight is 417 g/mol. The van der Waals surface area contributed by atoms with E-state index >= 15 is 0 Å². The third-order valence-corrected chi connectivity index (χ3v) is 6.09. The molecule has 2 N–H and O–H groups in total. The van der Waals surface area contributed by atoms with Gasteiger partial charge in [-0.3, -0.25) is 4.79 Å². The zero-order valence-electron chi connectivity index (χ0n) is 15.5. The number of allylic oxidation sites excluding steroid dienone is 2. The van der Waals surface area contributed by atoms with Gasteiger partial charge in [0.15, 0.2) is 0 Å². The van der Waals surface area contributed by atoms with Crippen molar-refractivity contribution in [2.75, 3.05) is 25.6 Å². The number of carbonyl (C=O) groups is 1. The maximum Gasteiger partial charge on any atom is 0.253 e. The highest BCUT2D eigenvalue weighted by atomic mass is 35.5. The molecular formula is C22H22Cl2N2O2. The number of fused-ring (bicyclic) bond motifs is 3. The van der Waals surface area contributed by atoms with Crippen molar-refractivity contribution in [1.29, 1.82) is 0 Å². The Hall–Kier alpha value is -2.01. The highest BCUT2D eigenvalue weighted by molar-refractivity contribution is 6.35. The Kier molecular flexibility index (Phi) is 5.63. The van der Waals surface area contributed by atoms with E-state index < -0.39 is 0 Å². The first-order valence-electron chi connectivity index (χ1n) is 9.38. The number of methoxy groups -OCH3 is 1. The van der Waals surface area contributed by atoms with E-state index in [0.717, 1.165) is 23.2 Å². The molecule has 1 amide bonds. The molecule has 0 aromatic heterocycles. The zero-order chi connectivity index (χ0) is 19.7. The second kappa shape index (κ2) is 8.16. The van der Waals surface area contributed by atoms with Crippen molar-refractivity contribution in [3.63, 3.8) is 0 Å². The van der Waals surface area contributed by atoms with Crippen LogP contribution in [0, 0.1) is 5.92 Å². The summed E-state index contributed by atoms with van der Waals surface area (Å²) in [6.07, 6.45) is 5.42. The number of benzene rings is 2. The minimum Gasteiger partial charge on any atom is -0.383 e. The van der Waals surface area contributed by atoms with Gasteiger partial charge < -0.3 is 15.4 Å². The van der Waals surface area contributed by atoms with Gasteiger partial charge >= 0.3 is 0 Å². The molecule has 4 nitrogen and oxygen atoms in total. The number of carbonyl (C=O) groups excluding carboxylic acids is 1. The third kappa shape index (κ3) is 3.52. The number of para-hydroxylation sites is 1. The predicted molar refractivity (Wildman–Crippen MR) is 113 cm³/mol. The van der Waals surface area contributed by atoms with Crippen LogP contribution < -0.4 is 10.6 Å². The fourth-order valence-corrected chi connectivity index (χ4v) is 4.76. The SMILES string of the molecule is COCCNC(=O)c1cccc2c1NC(c1ccc(Cl)cc1Cl)C1CC=CC21. The Bertz CT molecular complexity index is 929. The van der Waals surface area contributed by atoms with Crippen LogP contribution in [0.15, 0.2) is 48.6 Å². The van der Waals surface area contributed by atoms with E-state index in [0.29, 0.717) is 34.7 Å². The van der Waals surface area contributed by atoms with Crippen molar-refractivity contribution in [3.05, 3.63) is 75.3 Å². The molecule has 2 aromatic rings. The van der Waals surface area contributed by atoms with Crippen molar-refractivity contribution in [1.82, 2.24) is 5.32 Å². The Morgan fingerprint density at radius 2 is 2.11 bits per heavy atom. The second-order valence-electron chi connectivity index (χ2n) is 7.16. The van der Waals surface area contributed by atoms with Gasteiger partial charge in [0.25, 0.3) is 5.91 Å². The number of ether oxygens (including phenoxy) is 1. The fourth-order valence-electron chi connectivity index (χ4n) is 4.23. The molecule has 2 aromatic carbocycles. The van der Waals surface area contributed by atoms with Crippen molar-refractivity contribution in [2.24, 2.45) is 5.92 Å². The molecular weight excluding hydrogens is 395 g/mol. The van der Waals surface area contributed by atoms with Gasteiger partial charge in [0.05, 0.1) is 23.9 Å². The number of hydrogen-bond acceptors (Lipinski definition) is 3. The molecule has 2 aliphatic rings. The molecule has 3 atom stereocenters. The van der Waals surface area contributed by atoms with Gasteiger partial charge in [-0.2, -0.15) is 0 Å². The maximum atomic E-state index is 12.8. The highest BCUT2D eigenvalue weighted by Crippen LogP contribution is 2.51. The zero-order valence-corrected chi connectivity index (χ0v) is 17.1. The van der Waals surface area contributed by atoms with Crippen molar-refractivity contribution < 1.29 is 9.53 Å². The minimum atomic E-state index is -0.109. The number of nitrogens with one attached hydrogen (secondary N) is 2. The van der Waals surface area contributed by atoms with E-state index in [4.69, 9.17) is 27.9 Å². The Labute approximate surface area is 174 Å². The Morgan fingerprint density at radius 3 is 2.89 bits per heavy atom. The summed E-state index contributed by atoms with van der Waals surface area (Å²) >= 11 is 12.6. The van der Waals surface area contributed by atoms with E-state index in [1.54, 1.807) is 13.2 Å². The molecule has 6 heteroatoms. The second-order valence-corrected chi connectivity index (χ2v) is 8.00. The fraction of sp³-hybridized carbons (Fsp3) is 0.318. The summed E-state index contributed by atoms with van der Waals surface area (Å²) in [6, 6.07) is 11.5. The smallest absolute Gasteiger partial charge is 0.253 e. The van der Waals surface area contributed by atoms with Gasteiger partial charge in [0.2, 0.25) is 0 Å². The van der Waals surface area contributed by atoms with Crippen molar-refractivity contribution >= 4 is 34.8 Å². The summed E-state index contributed by atoms with van der Waals surface area (Å²) in [7, 11) is 1.62. The summed E-state index contributed by atoms with van der Waals surface area (Å²) in [6.45, 7) is 0.946. The molecule has 146 valence electrons. The molecule has 0 bridgehead atoms. The van der Waals surface area contributed by atoms with Gasteiger partial charge in [0.1, 0.15) is 0 Å². The lowest BCUT2D eigenvalue weighted by Gasteiger charge is -2.38. The highest BCUT2D eigenvalue weighted by Gasteiger charge is 2.39. The molecule has 0 spiro atoms. The van der Waals surface area contributed by atoms with Crippen LogP contribution >= 0.6 is 23.2 Å². The van der Waals surface area contributed by atoms with Crippen LogP contribution in [0.1, 0.15) is 39.9 Å². The Morgan fingerprint density at radius 1 is 1.25 bits per heavy atom. The first-order chi connectivity index (χ1) is 13.6. The van der Waals surface area contributed by atoms with E-state index in [2.05, 4.69) is 28.9 Å². The largest absolute Gasteiger partial charge is 0.383 e. The summed E-state index contributed by atoms with van der Waals surface area (Å²) in [5.41, 5.74) is 3.67. The molecule has 1 aliphatic carbocycles. The molecule has 0 saturated heterocycles. The molecule has 1 heterocycles.